The molecular weight excluding hydrogens is 472 g/mol. The quantitative estimate of drug-likeness (QED) is 0.293. The van der Waals surface area contributed by atoms with Gasteiger partial charge in [-0.2, -0.15) is 10.2 Å². The smallest absolute Gasteiger partial charge is 0.257 e. The average molecular weight is 491 g/mol. The predicted molar refractivity (Wildman–Crippen MR) is 139 cm³/mol. The van der Waals surface area contributed by atoms with Crippen molar-refractivity contribution in [2.45, 2.75) is 9.79 Å². The molecule has 10 heteroatoms. The number of nitrogens with one attached hydrogen (secondary N) is 3. The summed E-state index contributed by atoms with van der Waals surface area (Å²) in [5.74, 6) is 0.146. The Balaban J connectivity index is 1.24. The molecule has 0 unspecified atom stereocenters. The lowest BCUT2D eigenvalue weighted by molar-refractivity contribution is 0.102. The molecule has 0 bridgehead atoms. The number of aromatic amines is 2. The molecular formula is C26H18N8OS. The van der Waals surface area contributed by atoms with Gasteiger partial charge in [0.25, 0.3) is 5.91 Å². The van der Waals surface area contributed by atoms with Gasteiger partial charge in [0.05, 0.1) is 34.1 Å². The third-order valence-corrected chi connectivity index (χ3v) is 6.57. The lowest BCUT2D eigenvalue weighted by atomic mass is 10.2. The number of nitrogens with zero attached hydrogens (tertiary/aromatic N) is 5. The molecule has 3 N–H and O–H groups in total. The van der Waals surface area contributed by atoms with E-state index in [1.165, 1.54) is 18.1 Å². The molecule has 0 saturated heterocycles. The molecule has 4 aromatic heterocycles. The third-order valence-electron chi connectivity index (χ3n) is 5.50. The Kier molecular flexibility index (Phi) is 5.68. The molecule has 0 fully saturated rings. The van der Waals surface area contributed by atoms with Crippen LogP contribution in [0.2, 0.25) is 0 Å². The van der Waals surface area contributed by atoms with Crippen LogP contribution in [0, 0.1) is 0 Å². The molecule has 0 aliphatic rings. The molecule has 36 heavy (non-hydrogen) atoms. The van der Waals surface area contributed by atoms with Crippen LogP contribution in [0.1, 0.15) is 21.7 Å². The van der Waals surface area contributed by atoms with E-state index in [0.717, 1.165) is 32.1 Å². The number of benzene rings is 2. The Morgan fingerprint density at radius 2 is 1.83 bits per heavy atom. The van der Waals surface area contributed by atoms with E-state index in [1.807, 2.05) is 66.7 Å². The molecule has 0 saturated carbocycles. The number of pyridine rings is 1. The minimum absolute atomic E-state index is 0.260. The van der Waals surface area contributed by atoms with Gasteiger partial charge in [0.15, 0.2) is 5.65 Å². The first-order chi connectivity index (χ1) is 17.7. The maximum atomic E-state index is 13.2. The van der Waals surface area contributed by atoms with Crippen LogP contribution in [0.3, 0.4) is 0 Å². The van der Waals surface area contributed by atoms with E-state index >= 15 is 0 Å². The number of amides is 1. The summed E-state index contributed by atoms with van der Waals surface area (Å²) in [5, 5.41) is 18.8. The Hall–Kier alpha value is -4.83. The maximum Gasteiger partial charge on any atom is 0.257 e. The molecule has 174 valence electrons. The van der Waals surface area contributed by atoms with Gasteiger partial charge in [-0.3, -0.25) is 20.0 Å². The van der Waals surface area contributed by atoms with Gasteiger partial charge in [0.2, 0.25) is 0 Å². The standard InChI is InChI=1S/C26H18N8OS/c35-26(31-24-20-14-30-34-25(20)29-15-28-24)19-6-1-2-7-23(19)36-17-9-10-18-21(32-33-22(18)13-17)11-8-16-5-3-4-12-27-16/h1-15H,(H,32,33)(H2,28,29,30,31,34,35)/b11-8+. The highest BCUT2D eigenvalue weighted by Crippen LogP contribution is 2.33. The summed E-state index contributed by atoms with van der Waals surface area (Å²) in [7, 11) is 0. The molecule has 0 radical (unpaired) electrons. The number of hydrogen-bond donors (Lipinski definition) is 3. The first kappa shape index (κ1) is 21.7. The molecule has 4 heterocycles. The zero-order chi connectivity index (χ0) is 24.3. The van der Waals surface area contributed by atoms with Gasteiger partial charge >= 0.3 is 0 Å². The Labute approximate surface area is 209 Å². The summed E-state index contributed by atoms with van der Waals surface area (Å²) in [5.41, 5.74) is 3.71. The highest BCUT2D eigenvalue weighted by Gasteiger charge is 2.15. The van der Waals surface area contributed by atoms with Crippen LogP contribution in [0.25, 0.3) is 34.1 Å². The zero-order valence-corrected chi connectivity index (χ0v) is 19.5. The second kappa shape index (κ2) is 9.43. The molecule has 2 aromatic carbocycles. The van der Waals surface area contributed by atoms with E-state index in [2.05, 4.69) is 40.7 Å². The molecule has 1 amide bonds. The number of fused-ring (bicyclic) bond motifs is 2. The summed E-state index contributed by atoms with van der Waals surface area (Å²) in [6.07, 6.45) is 8.61. The number of aromatic nitrogens is 7. The number of anilines is 1. The number of H-pyrrole nitrogens is 2. The Morgan fingerprint density at radius 1 is 0.917 bits per heavy atom. The van der Waals surface area contributed by atoms with E-state index < -0.39 is 0 Å². The van der Waals surface area contributed by atoms with Crippen LogP contribution < -0.4 is 5.32 Å². The van der Waals surface area contributed by atoms with Gasteiger partial charge in [-0.05, 0) is 54.6 Å². The molecule has 0 aliphatic carbocycles. The summed E-state index contributed by atoms with van der Waals surface area (Å²) in [6, 6.07) is 19.3. The minimum atomic E-state index is -0.260. The molecule has 0 atom stereocenters. The second-order valence-corrected chi connectivity index (χ2v) is 8.93. The largest absolute Gasteiger partial charge is 0.306 e. The third kappa shape index (κ3) is 4.32. The van der Waals surface area contributed by atoms with Crippen molar-refractivity contribution < 1.29 is 4.79 Å². The first-order valence-electron chi connectivity index (χ1n) is 11.0. The van der Waals surface area contributed by atoms with Crippen LogP contribution in [0.4, 0.5) is 5.82 Å². The van der Waals surface area contributed by atoms with Gasteiger partial charge in [-0.25, -0.2) is 9.97 Å². The van der Waals surface area contributed by atoms with Crippen LogP contribution >= 0.6 is 11.8 Å². The monoisotopic (exact) mass is 490 g/mol. The van der Waals surface area contributed by atoms with Crippen molar-refractivity contribution >= 4 is 57.6 Å². The van der Waals surface area contributed by atoms with Gasteiger partial charge in [-0.1, -0.05) is 30.0 Å². The topological polar surface area (TPSA) is 125 Å². The normalized spacial score (nSPS) is 11.4. The van der Waals surface area contributed by atoms with Crippen molar-refractivity contribution in [3.8, 4) is 0 Å². The summed E-state index contributed by atoms with van der Waals surface area (Å²) in [6.45, 7) is 0. The van der Waals surface area contributed by atoms with Crippen molar-refractivity contribution in [1.82, 2.24) is 35.3 Å². The van der Waals surface area contributed by atoms with Gasteiger partial charge in [0.1, 0.15) is 12.1 Å². The molecule has 6 rings (SSSR count). The van der Waals surface area contributed by atoms with Gasteiger partial charge in [0, 0.05) is 21.4 Å². The van der Waals surface area contributed by atoms with Gasteiger partial charge < -0.3 is 5.32 Å². The summed E-state index contributed by atoms with van der Waals surface area (Å²) >= 11 is 1.50. The second-order valence-electron chi connectivity index (χ2n) is 7.81. The molecule has 6 aromatic rings. The zero-order valence-electron chi connectivity index (χ0n) is 18.7. The predicted octanol–water partition coefficient (Wildman–Crippen LogP) is 5.20. The van der Waals surface area contributed by atoms with Crippen molar-refractivity contribution in [2.75, 3.05) is 5.32 Å². The molecule has 9 nitrogen and oxygen atoms in total. The van der Waals surface area contributed by atoms with Crippen LogP contribution in [0.15, 0.2) is 89.2 Å². The highest BCUT2D eigenvalue weighted by atomic mass is 32.2. The fourth-order valence-electron chi connectivity index (χ4n) is 3.76. The molecule has 0 spiro atoms. The van der Waals surface area contributed by atoms with E-state index in [0.29, 0.717) is 22.4 Å². The Morgan fingerprint density at radius 3 is 2.75 bits per heavy atom. The fraction of sp³-hybridized carbons (Fsp3) is 0. The lowest BCUT2D eigenvalue weighted by Gasteiger charge is -2.10. The van der Waals surface area contributed by atoms with Crippen molar-refractivity contribution in [1.29, 1.82) is 0 Å². The highest BCUT2D eigenvalue weighted by molar-refractivity contribution is 7.99. The Bertz CT molecular complexity index is 1720. The van der Waals surface area contributed by atoms with Crippen molar-refractivity contribution in [3.63, 3.8) is 0 Å². The summed E-state index contributed by atoms with van der Waals surface area (Å²) in [4.78, 5) is 27.6. The number of carbonyl (C=O) groups excluding carboxylic acids is 1. The SMILES string of the molecule is O=C(Nc1ncnc2[nH]ncc12)c1ccccc1Sc1ccc2c(/C=C/c3ccccn3)n[nH]c2c1. The first-order valence-corrected chi connectivity index (χ1v) is 11.9. The van der Waals surface area contributed by atoms with E-state index in [9.17, 15) is 4.79 Å². The minimum Gasteiger partial charge on any atom is -0.306 e. The molecule has 0 aliphatic heterocycles. The number of rotatable bonds is 6. The van der Waals surface area contributed by atoms with Crippen LogP contribution in [-0.2, 0) is 0 Å². The van der Waals surface area contributed by atoms with Crippen LogP contribution in [-0.4, -0.2) is 41.3 Å². The average Bonchev–Trinajstić information content (AvgIpc) is 3.56. The number of hydrogen-bond acceptors (Lipinski definition) is 7. The van der Waals surface area contributed by atoms with Gasteiger partial charge in [-0.15, -0.1) is 0 Å². The fourth-order valence-corrected chi connectivity index (χ4v) is 4.74. The summed E-state index contributed by atoms with van der Waals surface area (Å²) < 4.78 is 0. The van der Waals surface area contributed by atoms with E-state index in [1.54, 1.807) is 18.5 Å². The number of carbonyl (C=O) groups is 1. The maximum absolute atomic E-state index is 13.2. The van der Waals surface area contributed by atoms with Crippen molar-refractivity contribution in [2.24, 2.45) is 0 Å². The van der Waals surface area contributed by atoms with E-state index in [-0.39, 0.29) is 5.91 Å². The lowest BCUT2D eigenvalue weighted by Crippen LogP contribution is -2.14. The van der Waals surface area contributed by atoms with Crippen LogP contribution in [0.5, 0.6) is 0 Å². The van der Waals surface area contributed by atoms with Crippen molar-refractivity contribution in [3.05, 3.63) is 96.3 Å². The van der Waals surface area contributed by atoms with E-state index in [4.69, 9.17) is 0 Å².